The van der Waals surface area contributed by atoms with E-state index in [4.69, 9.17) is 4.74 Å². The molecule has 0 N–H and O–H groups in total. The van der Waals surface area contributed by atoms with Gasteiger partial charge in [0.2, 0.25) is 0 Å². The van der Waals surface area contributed by atoms with Crippen molar-refractivity contribution in [2.75, 3.05) is 27.7 Å². The highest BCUT2D eigenvalue weighted by atomic mass is 16.5. The first-order valence-electron chi connectivity index (χ1n) is 3.17. The molecule has 0 saturated heterocycles. The molecule has 1 radical (unpaired) electrons. The number of ether oxygens (including phenoxy) is 1. The van der Waals surface area contributed by atoms with Crippen LogP contribution < -0.4 is 0 Å². The molecule has 55 valence electrons. The average molecular weight is 130 g/mol. The van der Waals surface area contributed by atoms with Crippen LogP contribution in [0.15, 0.2) is 0 Å². The first-order chi connectivity index (χ1) is 4.20. The van der Waals surface area contributed by atoms with Gasteiger partial charge in [-0.1, -0.05) is 6.92 Å². The van der Waals surface area contributed by atoms with Gasteiger partial charge in [-0.3, -0.25) is 0 Å². The Bertz CT molecular complexity index is 59.9. The molecule has 0 aliphatic heterocycles. The van der Waals surface area contributed by atoms with E-state index in [1.165, 1.54) is 0 Å². The van der Waals surface area contributed by atoms with Gasteiger partial charge in [-0.15, -0.1) is 0 Å². The third-order valence-corrected chi connectivity index (χ3v) is 1.22. The van der Waals surface area contributed by atoms with Gasteiger partial charge in [-0.2, -0.15) is 0 Å². The molecular weight excluding hydrogens is 114 g/mol. The highest BCUT2D eigenvalue weighted by Gasteiger charge is 2.03. The van der Waals surface area contributed by atoms with Crippen LogP contribution in [-0.4, -0.2) is 38.8 Å². The Hall–Kier alpha value is -0.0800. The SMILES string of the molecule is C[CH]C(CN(C)C)OC. The fourth-order valence-electron chi connectivity index (χ4n) is 0.676. The lowest BCUT2D eigenvalue weighted by atomic mass is 10.3. The summed E-state index contributed by atoms with van der Waals surface area (Å²) in [4.78, 5) is 2.11. The molecule has 0 aliphatic rings. The van der Waals surface area contributed by atoms with Gasteiger partial charge in [0.25, 0.3) is 0 Å². The Labute approximate surface area is 57.8 Å². The maximum absolute atomic E-state index is 5.11. The summed E-state index contributed by atoms with van der Waals surface area (Å²) >= 11 is 0. The number of hydrogen-bond donors (Lipinski definition) is 0. The molecule has 0 bridgehead atoms. The molecule has 0 heterocycles. The topological polar surface area (TPSA) is 12.5 Å². The second-order valence-electron chi connectivity index (χ2n) is 2.37. The lowest BCUT2D eigenvalue weighted by molar-refractivity contribution is 0.103. The van der Waals surface area contributed by atoms with Crippen LogP contribution in [0.3, 0.4) is 0 Å². The van der Waals surface area contributed by atoms with Crippen molar-refractivity contribution in [3.05, 3.63) is 6.42 Å². The lowest BCUT2D eigenvalue weighted by Gasteiger charge is -2.17. The molecule has 0 fully saturated rings. The number of methoxy groups -OCH3 is 1. The Balaban J connectivity index is 3.31. The Kier molecular flexibility index (Phi) is 4.72. The molecule has 0 aliphatic carbocycles. The second kappa shape index (κ2) is 4.77. The van der Waals surface area contributed by atoms with Gasteiger partial charge in [0.1, 0.15) is 0 Å². The second-order valence-corrected chi connectivity index (χ2v) is 2.37. The van der Waals surface area contributed by atoms with Crippen LogP contribution in [0.5, 0.6) is 0 Å². The summed E-state index contributed by atoms with van der Waals surface area (Å²) in [6, 6.07) is 0. The van der Waals surface area contributed by atoms with Crippen LogP contribution >= 0.6 is 0 Å². The molecule has 0 rings (SSSR count). The molecule has 0 aromatic rings. The van der Waals surface area contributed by atoms with Crippen molar-refractivity contribution in [1.82, 2.24) is 4.90 Å². The number of nitrogens with zero attached hydrogens (tertiary/aromatic N) is 1. The molecule has 0 spiro atoms. The third-order valence-electron chi connectivity index (χ3n) is 1.22. The van der Waals surface area contributed by atoms with E-state index in [-0.39, 0.29) is 6.10 Å². The molecule has 0 amide bonds. The quantitative estimate of drug-likeness (QED) is 0.558. The summed E-state index contributed by atoms with van der Waals surface area (Å²) < 4.78 is 5.11. The number of hydrogen-bond acceptors (Lipinski definition) is 2. The van der Waals surface area contributed by atoms with Crippen LogP contribution in [0.25, 0.3) is 0 Å². The average Bonchev–Trinajstić information content (AvgIpc) is 1.82. The van der Waals surface area contributed by atoms with Gasteiger partial charge < -0.3 is 9.64 Å². The van der Waals surface area contributed by atoms with E-state index in [9.17, 15) is 0 Å². The largest absolute Gasteiger partial charge is 0.380 e. The lowest BCUT2D eigenvalue weighted by Crippen LogP contribution is -2.27. The zero-order valence-electron chi connectivity index (χ0n) is 6.72. The number of rotatable bonds is 4. The smallest absolute Gasteiger partial charge is 0.0726 e. The first kappa shape index (κ1) is 8.92. The summed E-state index contributed by atoms with van der Waals surface area (Å²) in [5, 5.41) is 0. The van der Waals surface area contributed by atoms with Crippen molar-refractivity contribution in [1.29, 1.82) is 0 Å². The van der Waals surface area contributed by atoms with Crippen LogP contribution in [-0.2, 0) is 4.74 Å². The summed E-state index contributed by atoms with van der Waals surface area (Å²) in [6.45, 7) is 2.98. The normalized spacial score (nSPS) is 14.3. The minimum absolute atomic E-state index is 0.278. The number of likely N-dealkylation sites (N-methyl/N-ethyl adjacent to an activating group) is 1. The van der Waals surface area contributed by atoms with E-state index in [2.05, 4.69) is 11.3 Å². The molecule has 2 nitrogen and oxygen atoms in total. The van der Waals surface area contributed by atoms with E-state index < -0.39 is 0 Å². The molecule has 0 aromatic carbocycles. The summed E-state index contributed by atoms with van der Waals surface area (Å²) in [5.41, 5.74) is 0. The molecule has 0 aromatic heterocycles. The van der Waals surface area contributed by atoms with Crippen molar-refractivity contribution < 1.29 is 4.74 Å². The predicted molar refractivity (Wildman–Crippen MR) is 39.3 cm³/mol. The minimum Gasteiger partial charge on any atom is -0.380 e. The van der Waals surface area contributed by atoms with Crippen molar-refractivity contribution >= 4 is 0 Å². The van der Waals surface area contributed by atoms with Crippen LogP contribution in [0, 0.1) is 6.42 Å². The Morgan fingerprint density at radius 1 is 1.56 bits per heavy atom. The van der Waals surface area contributed by atoms with Gasteiger partial charge in [-0.05, 0) is 20.5 Å². The van der Waals surface area contributed by atoms with Gasteiger partial charge in [0, 0.05) is 13.7 Å². The van der Waals surface area contributed by atoms with Crippen molar-refractivity contribution in [2.24, 2.45) is 0 Å². The summed E-state index contributed by atoms with van der Waals surface area (Å²) in [5.74, 6) is 0. The van der Waals surface area contributed by atoms with E-state index in [1.54, 1.807) is 7.11 Å². The van der Waals surface area contributed by atoms with Crippen molar-refractivity contribution in [3.8, 4) is 0 Å². The highest BCUT2D eigenvalue weighted by molar-refractivity contribution is 4.72. The molecule has 1 unspecified atom stereocenters. The third kappa shape index (κ3) is 4.43. The Morgan fingerprint density at radius 3 is 2.22 bits per heavy atom. The Morgan fingerprint density at radius 2 is 2.11 bits per heavy atom. The highest BCUT2D eigenvalue weighted by Crippen LogP contribution is 1.94. The van der Waals surface area contributed by atoms with E-state index >= 15 is 0 Å². The van der Waals surface area contributed by atoms with Crippen LogP contribution in [0.2, 0.25) is 0 Å². The molecule has 2 heteroatoms. The maximum atomic E-state index is 5.11. The summed E-state index contributed by atoms with van der Waals surface area (Å²) in [7, 11) is 5.80. The van der Waals surface area contributed by atoms with Crippen molar-refractivity contribution in [3.63, 3.8) is 0 Å². The van der Waals surface area contributed by atoms with E-state index in [0.717, 1.165) is 6.54 Å². The minimum atomic E-state index is 0.278. The molecular formula is C7H16NO. The molecule has 0 saturated carbocycles. The predicted octanol–water partition coefficient (Wildman–Crippen LogP) is 0.787. The van der Waals surface area contributed by atoms with Crippen LogP contribution in [0.4, 0.5) is 0 Å². The fraction of sp³-hybridized carbons (Fsp3) is 0.857. The molecule has 9 heavy (non-hydrogen) atoms. The zero-order chi connectivity index (χ0) is 7.28. The van der Waals surface area contributed by atoms with Gasteiger partial charge >= 0.3 is 0 Å². The van der Waals surface area contributed by atoms with Crippen molar-refractivity contribution in [2.45, 2.75) is 13.0 Å². The first-order valence-corrected chi connectivity index (χ1v) is 3.17. The van der Waals surface area contributed by atoms with Gasteiger partial charge in [0.05, 0.1) is 6.10 Å². The van der Waals surface area contributed by atoms with Crippen LogP contribution in [0.1, 0.15) is 6.92 Å². The summed E-state index contributed by atoms with van der Waals surface area (Å²) in [6.07, 6.45) is 2.33. The monoisotopic (exact) mass is 130 g/mol. The zero-order valence-corrected chi connectivity index (χ0v) is 6.72. The van der Waals surface area contributed by atoms with E-state index in [0.29, 0.717) is 0 Å². The van der Waals surface area contributed by atoms with Gasteiger partial charge in [-0.25, -0.2) is 0 Å². The maximum Gasteiger partial charge on any atom is 0.0726 e. The standard InChI is InChI=1S/C7H16NO/c1-5-7(9-4)6-8(2)3/h5,7H,6H2,1-4H3. The fourth-order valence-corrected chi connectivity index (χ4v) is 0.676. The van der Waals surface area contributed by atoms with E-state index in [1.807, 2.05) is 21.0 Å². The molecule has 1 atom stereocenters. The van der Waals surface area contributed by atoms with Gasteiger partial charge in [0.15, 0.2) is 0 Å².